The van der Waals surface area contributed by atoms with Gasteiger partial charge in [-0.25, -0.2) is 0 Å². The van der Waals surface area contributed by atoms with Crippen LogP contribution in [0.15, 0.2) is 12.1 Å². The van der Waals surface area contributed by atoms with Crippen LogP contribution in [0.1, 0.15) is 35.1 Å². The second kappa shape index (κ2) is 3.91. The monoisotopic (exact) mass is 180 g/mol. The maximum Gasteiger partial charge on any atom is 0.0960 e. The van der Waals surface area contributed by atoms with Crippen molar-refractivity contribution in [3.8, 4) is 0 Å². The number of hydrogen-bond donors (Lipinski definition) is 0. The highest BCUT2D eigenvalue weighted by Gasteiger charge is 2.07. The molecule has 1 unspecified atom stereocenters. The predicted octanol–water partition coefficient (Wildman–Crippen LogP) is 3.68. The molecule has 0 N–H and O–H groups in total. The molecule has 0 aliphatic rings. The lowest BCUT2D eigenvalue weighted by Crippen LogP contribution is -1.98. The van der Waals surface area contributed by atoms with E-state index < -0.39 is 0 Å². The number of hydrogen-bond acceptors (Lipinski definition) is 0. The van der Waals surface area contributed by atoms with Crippen LogP contribution in [0.25, 0.3) is 0 Å². The minimum atomic E-state index is -0.276. The highest BCUT2D eigenvalue weighted by molar-refractivity contribution is 5.38. The summed E-state index contributed by atoms with van der Waals surface area (Å²) >= 11 is 0. The molecule has 0 heterocycles. The summed E-state index contributed by atoms with van der Waals surface area (Å²) in [5.74, 6) is 0.0259. The Balaban J connectivity index is 3.13. The van der Waals surface area contributed by atoms with E-state index >= 15 is 0 Å². The number of benzene rings is 1. The molecule has 1 heteroatoms. The summed E-state index contributed by atoms with van der Waals surface area (Å²) in [4.78, 5) is 0. The molecule has 0 aromatic heterocycles. The molecular formula is C12H17F. The zero-order chi connectivity index (χ0) is 10.0. The van der Waals surface area contributed by atoms with Crippen LogP contribution in [-0.4, -0.2) is 6.67 Å². The van der Waals surface area contributed by atoms with Crippen LogP contribution in [0.3, 0.4) is 0 Å². The first kappa shape index (κ1) is 10.2. The van der Waals surface area contributed by atoms with Gasteiger partial charge in [0.1, 0.15) is 0 Å². The quantitative estimate of drug-likeness (QED) is 0.651. The molecule has 0 radical (unpaired) electrons. The fraction of sp³-hybridized carbons (Fsp3) is 0.500. The van der Waals surface area contributed by atoms with Gasteiger partial charge in [-0.15, -0.1) is 0 Å². The minimum Gasteiger partial charge on any atom is -0.250 e. The van der Waals surface area contributed by atoms with Gasteiger partial charge in [-0.3, -0.25) is 4.39 Å². The standard InChI is InChI=1S/C12H17F/c1-8-5-12(10(3)7-13)6-9(2)11(8)4/h5-6,10H,7H2,1-4H3. The van der Waals surface area contributed by atoms with Crippen molar-refractivity contribution in [2.24, 2.45) is 0 Å². The molecule has 1 aromatic carbocycles. The first-order valence-corrected chi connectivity index (χ1v) is 4.70. The van der Waals surface area contributed by atoms with Crippen molar-refractivity contribution < 1.29 is 4.39 Å². The summed E-state index contributed by atoms with van der Waals surface area (Å²) in [7, 11) is 0. The molecule has 1 aromatic rings. The Bertz CT molecular complexity index is 279. The van der Waals surface area contributed by atoms with E-state index in [4.69, 9.17) is 0 Å². The summed E-state index contributed by atoms with van der Waals surface area (Å²) in [5.41, 5.74) is 4.95. The first-order chi connectivity index (χ1) is 6.06. The molecule has 0 fully saturated rings. The summed E-state index contributed by atoms with van der Waals surface area (Å²) < 4.78 is 12.4. The normalized spacial score (nSPS) is 13.0. The first-order valence-electron chi connectivity index (χ1n) is 4.70. The van der Waals surface area contributed by atoms with E-state index in [-0.39, 0.29) is 12.6 Å². The third-order valence-electron chi connectivity index (χ3n) is 2.75. The lowest BCUT2D eigenvalue weighted by molar-refractivity contribution is 0.447. The third kappa shape index (κ3) is 2.09. The van der Waals surface area contributed by atoms with Crippen LogP contribution in [0.4, 0.5) is 4.39 Å². The summed E-state index contributed by atoms with van der Waals surface area (Å²) in [6.07, 6.45) is 0. The maximum atomic E-state index is 12.4. The van der Waals surface area contributed by atoms with Crippen LogP contribution in [0, 0.1) is 20.8 Å². The average molecular weight is 180 g/mol. The zero-order valence-electron chi connectivity index (χ0n) is 8.82. The number of rotatable bonds is 2. The Kier molecular flexibility index (Phi) is 3.07. The topological polar surface area (TPSA) is 0 Å². The molecule has 0 saturated heterocycles. The second-order valence-corrected chi connectivity index (χ2v) is 3.84. The SMILES string of the molecule is Cc1cc(C(C)CF)cc(C)c1C. The van der Waals surface area contributed by atoms with Crippen molar-refractivity contribution in [2.45, 2.75) is 33.6 Å². The van der Waals surface area contributed by atoms with E-state index in [0.29, 0.717) is 0 Å². The largest absolute Gasteiger partial charge is 0.250 e. The Morgan fingerprint density at radius 1 is 1.15 bits per heavy atom. The van der Waals surface area contributed by atoms with Gasteiger partial charge in [-0.1, -0.05) is 19.1 Å². The molecule has 0 bridgehead atoms. The van der Waals surface area contributed by atoms with E-state index in [1.165, 1.54) is 16.7 Å². The van der Waals surface area contributed by atoms with Gasteiger partial charge in [-0.05, 0) is 43.0 Å². The molecule has 0 saturated carbocycles. The minimum absolute atomic E-state index is 0.0259. The molecule has 0 amide bonds. The molecule has 13 heavy (non-hydrogen) atoms. The van der Waals surface area contributed by atoms with Crippen LogP contribution < -0.4 is 0 Å². The highest BCUT2D eigenvalue weighted by Crippen LogP contribution is 2.22. The third-order valence-corrected chi connectivity index (χ3v) is 2.75. The summed E-state index contributed by atoms with van der Waals surface area (Å²) in [6.45, 7) is 7.91. The Labute approximate surface area is 79.8 Å². The van der Waals surface area contributed by atoms with Crippen molar-refractivity contribution >= 4 is 0 Å². The summed E-state index contributed by atoms with van der Waals surface area (Å²) in [5, 5.41) is 0. The van der Waals surface area contributed by atoms with Gasteiger partial charge in [0.25, 0.3) is 0 Å². The molecule has 0 spiro atoms. The van der Waals surface area contributed by atoms with Crippen molar-refractivity contribution in [1.29, 1.82) is 0 Å². The lowest BCUT2D eigenvalue weighted by atomic mass is 9.94. The highest BCUT2D eigenvalue weighted by atomic mass is 19.1. The summed E-state index contributed by atoms with van der Waals surface area (Å²) in [6, 6.07) is 4.18. The van der Waals surface area contributed by atoms with Gasteiger partial charge in [-0.2, -0.15) is 0 Å². The van der Waals surface area contributed by atoms with Gasteiger partial charge in [0, 0.05) is 5.92 Å². The van der Waals surface area contributed by atoms with Gasteiger partial charge in [0.2, 0.25) is 0 Å². The van der Waals surface area contributed by atoms with Gasteiger partial charge >= 0.3 is 0 Å². The fourth-order valence-electron chi connectivity index (χ4n) is 1.44. The van der Waals surface area contributed by atoms with Crippen molar-refractivity contribution in [2.75, 3.05) is 6.67 Å². The van der Waals surface area contributed by atoms with Crippen LogP contribution in [0.5, 0.6) is 0 Å². The second-order valence-electron chi connectivity index (χ2n) is 3.84. The average Bonchev–Trinajstić information content (AvgIpc) is 2.12. The van der Waals surface area contributed by atoms with E-state index in [0.717, 1.165) is 5.56 Å². The Morgan fingerprint density at radius 2 is 1.62 bits per heavy atom. The number of aryl methyl sites for hydroxylation is 2. The molecule has 0 aliphatic heterocycles. The molecule has 1 atom stereocenters. The Morgan fingerprint density at radius 3 is 2.00 bits per heavy atom. The lowest BCUT2D eigenvalue weighted by Gasteiger charge is -2.12. The van der Waals surface area contributed by atoms with Gasteiger partial charge in [0.05, 0.1) is 6.67 Å². The zero-order valence-corrected chi connectivity index (χ0v) is 8.82. The van der Waals surface area contributed by atoms with Gasteiger partial charge < -0.3 is 0 Å². The predicted molar refractivity (Wildman–Crippen MR) is 55.0 cm³/mol. The molecule has 1 rings (SSSR count). The van der Waals surface area contributed by atoms with Crippen LogP contribution >= 0.6 is 0 Å². The van der Waals surface area contributed by atoms with E-state index in [9.17, 15) is 4.39 Å². The van der Waals surface area contributed by atoms with E-state index in [2.05, 4.69) is 32.9 Å². The van der Waals surface area contributed by atoms with Crippen LogP contribution in [-0.2, 0) is 0 Å². The van der Waals surface area contributed by atoms with E-state index in [1.54, 1.807) is 0 Å². The maximum absolute atomic E-state index is 12.4. The van der Waals surface area contributed by atoms with Gasteiger partial charge in [0.15, 0.2) is 0 Å². The van der Waals surface area contributed by atoms with Crippen molar-refractivity contribution in [3.05, 3.63) is 34.4 Å². The molecule has 0 nitrogen and oxygen atoms in total. The van der Waals surface area contributed by atoms with Crippen molar-refractivity contribution in [3.63, 3.8) is 0 Å². The number of alkyl halides is 1. The van der Waals surface area contributed by atoms with E-state index in [1.807, 2.05) is 6.92 Å². The Hall–Kier alpha value is -0.850. The number of halogens is 1. The molecular weight excluding hydrogens is 163 g/mol. The van der Waals surface area contributed by atoms with Crippen molar-refractivity contribution in [1.82, 2.24) is 0 Å². The molecule has 0 aliphatic carbocycles. The molecule has 72 valence electrons. The van der Waals surface area contributed by atoms with Crippen LogP contribution in [0.2, 0.25) is 0 Å². The fourth-order valence-corrected chi connectivity index (χ4v) is 1.44. The smallest absolute Gasteiger partial charge is 0.0960 e.